The molecule has 0 spiro atoms. The molecule has 1 heterocycles. The normalized spacial score (nSPS) is 19.4. The van der Waals surface area contributed by atoms with Gasteiger partial charge in [0.15, 0.2) is 0 Å². The fourth-order valence-electron chi connectivity index (χ4n) is 3.19. The number of halogens is 1. The predicted octanol–water partition coefficient (Wildman–Crippen LogP) is 4.40. The third-order valence-corrected chi connectivity index (χ3v) is 4.26. The lowest BCUT2D eigenvalue weighted by atomic mass is 10.0. The summed E-state index contributed by atoms with van der Waals surface area (Å²) in [5, 5.41) is 3.70. The lowest BCUT2D eigenvalue weighted by Crippen LogP contribution is -2.44. The summed E-state index contributed by atoms with van der Waals surface area (Å²) in [5.74, 6) is 0. The Balaban J connectivity index is 0.00000200. The molecule has 1 aliphatic heterocycles. The van der Waals surface area contributed by atoms with Gasteiger partial charge in [0.2, 0.25) is 0 Å². The highest BCUT2D eigenvalue weighted by Gasteiger charge is 2.21. The Morgan fingerprint density at radius 2 is 1.90 bits per heavy atom. The van der Waals surface area contributed by atoms with Crippen LogP contribution in [0.2, 0.25) is 0 Å². The molecule has 0 aromatic heterocycles. The minimum Gasteiger partial charge on any atom is -0.383 e. The van der Waals surface area contributed by atoms with Gasteiger partial charge in [-0.25, -0.2) is 0 Å². The van der Waals surface area contributed by atoms with Crippen molar-refractivity contribution in [3.05, 3.63) is 29.3 Å². The maximum Gasteiger partial charge on any atom is 0.0400 e. The van der Waals surface area contributed by atoms with E-state index in [0.717, 1.165) is 6.54 Å². The van der Waals surface area contributed by atoms with Crippen molar-refractivity contribution in [3.63, 3.8) is 0 Å². The second-order valence-electron chi connectivity index (χ2n) is 5.83. The average molecular weight is 297 g/mol. The third-order valence-electron chi connectivity index (χ3n) is 4.26. The number of para-hydroxylation sites is 1. The summed E-state index contributed by atoms with van der Waals surface area (Å²) in [4.78, 5) is 2.67. The number of benzene rings is 1. The van der Waals surface area contributed by atoms with E-state index in [-0.39, 0.29) is 12.4 Å². The van der Waals surface area contributed by atoms with E-state index in [1.54, 1.807) is 0 Å². The highest BCUT2D eigenvalue weighted by atomic mass is 35.5. The number of anilines is 1. The van der Waals surface area contributed by atoms with Crippen LogP contribution >= 0.6 is 12.4 Å². The van der Waals surface area contributed by atoms with E-state index in [4.69, 9.17) is 0 Å². The van der Waals surface area contributed by atoms with Crippen LogP contribution in [0.25, 0.3) is 0 Å². The minimum absolute atomic E-state index is 0. The van der Waals surface area contributed by atoms with Crippen LogP contribution in [0.1, 0.15) is 43.7 Å². The van der Waals surface area contributed by atoms with Gasteiger partial charge < -0.3 is 5.32 Å². The van der Waals surface area contributed by atoms with Crippen molar-refractivity contribution in [1.29, 1.82) is 0 Å². The molecule has 114 valence electrons. The molecule has 0 saturated carbocycles. The zero-order chi connectivity index (χ0) is 13.7. The fourth-order valence-corrected chi connectivity index (χ4v) is 3.19. The Hall–Kier alpha value is -0.730. The maximum absolute atomic E-state index is 3.70. The van der Waals surface area contributed by atoms with Crippen LogP contribution in [-0.2, 0) is 0 Å². The molecule has 1 fully saturated rings. The SMILES string of the molecule is CCCN1CCCCC1CNc1c(C)cccc1C.Cl. The zero-order valence-electron chi connectivity index (χ0n) is 13.1. The van der Waals surface area contributed by atoms with Crippen molar-refractivity contribution in [2.45, 2.75) is 52.5 Å². The quantitative estimate of drug-likeness (QED) is 0.866. The average Bonchev–Trinajstić information content (AvgIpc) is 2.40. The highest BCUT2D eigenvalue weighted by molar-refractivity contribution is 5.85. The van der Waals surface area contributed by atoms with Crippen molar-refractivity contribution in [1.82, 2.24) is 4.90 Å². The van der Waals surface area contributed by atoms with Crippen LogP contribution in [0.3, 0.4) is 0 Å². The van der Waals surface area contributed by atoms with Crippen LogP contribution in [0.4, 0.5) is 5.69 Å². The van der Waals surface area contributed by atoms with Crippen molar-refractivity contribution >= 4 is 18.1 Å². The smallest absolute Gasteiger partial charge is 0.0400 e. The number of hydrogen-bond acceptors (Lipinski definition) is 2. The van der Waals surface area contributed by atoms with Crippen LogP contribution < -0.4 is 5.32 Å². The lowest BCUT2D eigenvalue weighted by Gasteiger charge is -2.36. The molecule has 1 unspecified atom stereocenters. The molecule has 1 aliphatic rings. The molecule has 1 aromatic carbocycles. The van der Waals surface area contributed by atoms with Crippen molar-refractivity contribution in [2.24, 2.45) is 0 Å². The first kappa shape index (κ1) is 17.3. The van der Waals surface area contributed by atoms with Crippen LogP contribution in [0.5, 0.6) is 0 Å². The molecule has 1 aromatic rings. The summed E-state index contributed by atoms with van der Waals surface area (Å²) in [6.45, 7) is 10.3. The first-order valence-corrected chi connectivity index (χ1v) is 7.76. The fraction of sp³-hybridized carbons (Fsp3) is 0.647. The van der Waals surface area contributed by atoms with Crippen LogP contribution in [0.15, 0.2) is 18.2 Å². The number of likely N-dealkylation sites (tertiary alicyclic amines) is 1. The minimum atomic E-state index is 0. The van der Waals surface area contributed by atoms with Gasteiger partial charge in [0.05, 0.1) is 0 Å². The molecule has 0 bridgehead atoms. The van der Waals surface area contributed by atoms with Gasteiger partial charge in [-0.05, 0) is 57.3 Å². The Morgan fingerprint density at radius 3 is 2.55 bits per heavy atom. The van der Waals surface area contributed by atoms with E-state index in [1.807, 2.05) is 0 Å². The van der Waals surface area contributed by atoms with Gasteiger partial charge in [0.25, 0.3) is 0 Å². The molecular formula is C17H29ClN2. The summed E-state index contributed by atoms with van der Waals surface area (Å²) in [6.07, 6.45) is 5.37. The maximum atomic E-state index is 3.70. The Bertz CT molecular complexity index is 384. The number of aryl methyl sites for hydroxylation is 2. The summed E-state index contributed by atoms with van der Waals surface area (Å²) < 4.78 is 0. The van der Waals surface area contributed by atoms with E-state index in [0.29, 0.717) is 6.04 Å². The molecular weight excluding hydrogens is 268 g/mol. The number of rotatable bonds is 5. The number of nitrogens with zero attached hydrogens (tertiary/aromatic N) is 1. The third kappa shape index (κ3) is 4.39. The molecule has 3 heteroatoms. The molecule has 20 heavy (non-hydrogen) atoms. The molecule has 0 aliphatic carbocycles. The molecule has 1 N–H and O–H groups in total. The second kappa shape index (κ2) is 8.53. The van der Waals surface area contributed by atoms with E-state index in [9.17, 15) is 0 Å². The Morgan fingerprint density at radius 1 is 1.20 bits per heavy atom. The molecule has 2 rings (SSSR count). The van der Waals surface area contributed by atoms with Gasteiger partial charge in [-0.2, -0.15) is 0 Å². The van der Waals surface area contributed by atoms with E-state index < -0.39 is 0 Å². The number of nitrogens with one attached hydrogen (secondary N) is 1. The van der Waals surface area contributed by atoms with E-state index >= 15 is 0 Å². The first-order valence-electron chi connectivity index (χ1n) is 7.76. The van der Waals surface area contributed by atoms with Gasteiger partial charge in [0, 0.05) is 18.3 Å². The summed E-state index contributed by atoms with van der Waals surface area (Å²) in [7, 11) is 0. The van der Waals surface area contributed by atoms with Gasteiger partial charge in [-0.15, -0.1) is 12.4 Å². The van der Waals surface area contributed by atoms with Gasteiger partial charge in [-0.3, -0.25) is 4.90 Å². The first-order chi connectivity index (χ1) is 9.22. The lowest BCUT2D eigenvalue weighted by molar-refractivity contribution is 0.156. The second-order valence-corrected chi connectivity index (χ2v) is 5.83. The van der Waals surface area contributed by atoms with Gasteiger partial charge in [0.1, 0.15) is 0 Å². The van der Waals surface area contributed by atoms with Gasteiger partial charge in [-0.1, -0.05) is 31.5 Å². The zero-order valence-corrected chi connectivity index (χ0v) is 13.9. The summed E-state index contributed by atoms with van der Waals surface area (Å²) >= 11 is 0. The van der Waals surface area contributed by atoms with Crippen molar-refractivity contribution in [2.75, 3.05) is 25.0 Å². The molecule has 1 saturated heterocycles. The standard InChI is InChI=1S/C17H28N2.ClH/c1-4-11-19-12-6-5-10-16(19)13-18-17-14(2)8-7-9-15(17)3;/h7-9,16,18H,4-6,10-13H2,1-3H3;1H. The van der Waals surface area contributed by atoms with Crippen LogP contribution in [-0.4, -0.2) is 30.6 Å². The number of piperidine rings is 1. The van der Waals surface area contributed by atoms with Gasteiger partial charge >= 0.3 is 0 Å². The number of hydrogen-bond donors (Lipinski definition) is 1. The van der Waals surface area contributed by atoms with E-state index in [1.165, 1.54) is 55.6 Å². The monoisotopic (exact) mass is 296 g/mol. The Labute approximate surface area is 130 Å². The van der Waals surface area contributed by atoms with E-state index in [2.05, 4.69) is 49.2 Å². The highest BCUT2D eigenvalue weighted by Crippen LogP contribution is 2.22. The predicted molar refractivity (Wildman–Crippen MR) is 91.2 cm³/mol. The Kier molecular flexibility index (Phi) is 7.39. The summed E-state index contributed by atoms with van der Waals surface area (Å²) in [6, 6.07) is 7.24. The van der Waals surface area contributed by atoms with Crippen molar-refractivity contribution in [3.8, 4) is 0 Å². The molecule has 0 amide bonds. The largest absolute Gasteiger partial charge is 0.383 e. The van der Waals surface area contributed by atoms with Crippen LogP contribution in [0, 0.1) is 13.8 Å². The molecule has 1 atom stereocenters. The topological polar surface area (TPSA) is 15.3 Å². The summed E-state index contributed by atoms with van der Waals surface area (Å²) in [5.41, 5.74) is 4.06. The molecule has 2 nitrogen and oxygen atoms in total. The molecule has 0 radical (unpaired) electrons. The van der Waals surface area contributed by atoms with Crippen molar-refractivity contribution < 1.29 is 0 Å².